The summed E-state index contributed by atoms with van der Waals surface area (Å²) in [4.78, 5) is 4.76. The molecule has 1 heterocycles. The minimum atomic E-state index is 0.951. The average Bonchev–Trinajstić information content (AvgIpc) is 2.89. The molecule has 0 amide bonds. The highest BCUT2D eigenvalue weighted by molar-refractivity contribution is 5.59. The van der Waals surface area contributed by atoms with Crippen LogP contribution in [0.4, 0.5) is 0 Å². The van der Waals surface area contributed by atoms with Crippen molar-refractivity contribution in [3.63, 3.8) is 0 Å². The van der Waals surface area contributed by atoms with Crippen LogP contribution >= 0.6 is 0 Å². The molecule has 0 spiro atoms. The van der Waals surface area contributed by atoms with E-state index in [1.807, 2.05) is 0 Å². The Labute approximate surface area is 211 Å². The molecule has 1 saturated carbocycles. The molecule has 1 aliphatic rings. The standard InChI is InChI=1S/C33H51N/c1-3-5-7-9-10-12-14-31-23-26-33(34-27-31)32-24-21-30(22-25-32)20-19-29-17-15-28(16-18-29)13-11-8-6-4-2/h21-29H,3-20H2,1-2H3/t28-,29-. The van der Waals surface area contributed by atoms with E-state index in [1.165, 1.54) is 132 Å². The van der Waals surface area contributed by atoms with E-state index in [1.54, 1.807) is 0 Å². The quantitative estimate of drug-likeness (QED) is 0.226. The summed E-state index contributed by atoms with van der Waals surface area (Å²) >= 11 is 0. The van der Waals surface area contributed by atoms with Gasteiger partial charge in [0.1, 0.15) is 0 Å². The molecule has 2 aromatic rings. The summed E-state index contributed by atoms with van der Waals surface area (Å²) in [6.45, 7) is 4.59. The molecule has 0 atom stereocenters. The number of benzene rings is 1. The number of hydrogen-bond donors (Lipinski definition) is 0. The summed E-state index contributed by atoms with van der Waals surface area (Å²) in [5.74, 6) is 1.98. The number of rotatable bonds is 16. The van der Waals surface area contributed by atoms with E-state index in [-0.39, 0.29) is 0 Å². The second-order valence-corrected chi connectivity index (χ2v) is 11.0. The maximum atomic E-state index is 4.76. The van der Waals surface area contributed by atoms with Crippen LogP contribution in [0, 0.1) is 11.8 Å². The molecule has 1 heteroatoms. The monoisotopic (exact) mass is 461 g/mol. The van der Waals surface area contributed by atoms with Gasteiger partial charge in [-0.25, -0.2) is 0 Å². The van der Waals surface area contributed by atoms with Crippen molar-refractivity contribution in [3.8, 4) is 11.3 Å². The van der Waals surface area contributed by atoms with Crippen LogP contribution in [-0.2, 0) is 12.8 Å². The van der Waals surface area contributed by atoms with Crippen molar-refractivity contribution in [2.75, 3.05) is 0 Å². The van der Waals surface area contributed by atoms with Crippen LogP contribution in [0.25, 0.3) is 11.3 Å². The van der Waals surface area contributed by atoms with Crippen LogP contribution in [0.15, 0.2) is 42.6 Å². The second-order valence-electron chi connectivity index (χ2n) is 11.0. The normalized spacial score (nSPS) is 18.3. The number of nitrogens with zero attached hydrogens (tertiary/aromatic N) is 1. The van der Waals surface area contributed by atoms with Gasteiger partial charge in [0.05, 0.1) is 5.69 Å². The van der Waals surface area contributed by atoms with Gasteiger partial charge in [-0.1, -0.05) is 134 Å². The molecular weight excluding hydrogens is 410 g/mol. The van der Waals surface area contributed by atoms with Gasteiger partial charge in [-0.2, -0.15) is 0 Å². The third-order valence-corrected chi connectivity index (χ3v) is 8.17. The van der Waals surface area contributed by atoms with Crippen molar-refractivity contribution in [2.45, 2.75) is 129 Å². The highest BCUT2D eigenvalue weighted by atomic mass is 14.7. The van der Waals surface area contributed by atoms with Gasteiger partial charge >= 0.3 is 0 Å². The van der Waals surface area contributed by atoms with E-state index in [9.17, 15) is 0 Å². The summed E-state index contributed by atoms with van der Waals surface area (Å²) in [5.41, 5.74) is 5.23. The van der Waals surface area contributed by atoms with Crippen LogP contribution in [0.5, 0.6) is 0 Å². The molecule has 3 rings (SSSR count). The zero-order valence-electron chi connectivity index (χ0n) is 22.4. The highest BCUT2D eigenvalue weighted by Gasteiger charge is 2.20. The largest absolute Gasteiger partial charge is 0.256 e. The SMILES string of the molecule is CCCCCCCCc1ccc(-c2ccc(CC[C@H]3CC[C@H](CCCCCC)CC3)cc2)nc1. The van der Waals surface area contributed by atoms with Crippen molar-refractivity contribution in [2.24, 2.45) is 11.8 Å². The lowest BCUT2D eigenvalue weighted by Gasteiger charge is -2.28. The molecule has 34 heavy (non-hydrogen) atoms. The molecule has 0 bridgehead atoms. The van der Waals surface area contributed by atoms with Gasteiger partial charge < -0.3 is 0 Å². The van der Waals surface area contributed by atoms with Gasteiger partial charge in [-0.3, -0.25) is 4.98 Å². The lowest BCUT2D eigenvalue weighted by Crippen LogP contribution is -2.15. The molecule has 0 unspecified atom stereocenters. The molecule has 0 saturated heterocycles. The first-order chi connectivity index (χ1) is 16.8. The number of aromatic nitrogens is 1. The summed E-state index contributed by atoms with van der Waals surface area (Å²) < 4.78 is 0. The van der Waals surface area contributed by atoms with Crippen LogP contribution in [0.3, 0.4) is 0 Å². The Hall–Kier alpha value is -1.63. The maximum absolute atomic E-state index is 4.76. The van der Waals surface area contributed by atoms with Crippen molar-refractivity contribution in [3.05, 3.63) is 53.7 Å². The third-order valence-electron chi connectivity index (χ3n) is 8.17. The molecule has 0 aliphatic heterocycles. The minimum absolute atomic E-state index is 0.951. The summed E-state index contributed by atoms with van der Waals surface area (Å²) in [6.07, 6.45) is 27.1. The molecule has 1 aromatic heterocycles. The molecule has 0 N–H and O–H groups in total. The van der Waals surface area contributed by atoms with Crippen LogP contribution in [0.1, 0.15) is 128 Å². The lowest BCUT2D eigenvalue weighted by atomic mass is 9.77. The van der Waals surface area contributed by atoms with E-state index in [0.29, 0.717) is 0 Å². The zero-order valence-corrected chi connectivity index (χ0v) is 22.4. The van der Waals surface area contributed by atoms with E-state index in [0.717, 1.165) is 17.5 Å². The topological polar surface area (TPSA) is 12.9 Å². The fourth-order valence-electron chi connectivity index (χ4n) is 5.73. The second kappa shape index (κ2) is 16.1. The predicted octanol–water partition coefficient (Wildman–Crippen LogP) is 10.4. The van der Waals surface area contributed by atoms with Gasteiger partial charge in [0.25, 0.3) is 0 Å². The van der Waals surface area contributed by atoms with Gasteiger partial charge in [0.15, 0.2) is 0 Å². The lowest BCUT2D eigenvalue weighted by molar-refractivity contribution is 0.249. The molecule has 1 aromatic carbocycles. The highest BCUT2D eigenvalue weighted by Crippen LogP contribution is 2.34. The maximum Gasteiger partial charge on any atom is 0.0702 e. The first kappa shape index (κ1) is 27.0. The average molecular weight is 462 g/mol. The Kier molecular flexibility index (Phi) is 12.8. The fraction of sp³-hybridized carbons (Fsp3) is 0.667. The van der Waals surface area contributed by atoms with Gasteiger partial charge in [-0.15, -0.1) is 0 Å². The van der Waals surface area contributed by atoms with E-state index in [2.05, 4.69) is 56.4 Å². The first-order valence-electron chi connectivity index (χ1n) is 14.8. The minimum Gasteiger partial charge on any atom is -0.256 e. The molecule has 1 aliphatic carbocycles. The molecule has 1 fully saturated rings. The number of hydrogen-bond acceptors (Lipinski definition) is 1. The van der Waals surface area contributed by atoms with E-state index < -0.39 is 0 Å². The van der Waals surface area contributed by atoms with Crippen molar-refractivity contribution < 1.29 is 0 Å². The van der Waals surface area contributed by atoms with Crippen LogP contribution < -0.4 is 0 Å². The van der Waals surface area contributed by atoms with Crippen molar-refractivity contribution >= 4 is 0 Å². The van der Waals surface area contributed by atoms with Gasteiger partial charge in [0, 0.05) is 11.8 Å². The Morgan fingerprint density at radius 2 is 1.18 bits per heavy atom. The Bertz CT molecular complexity index is 752. The number of aryl methyl sites for hydroxylation is 2. The Morgan fingerprint density at radius 3 is 1.82 bits per heavy atom. The third kappa shape index (κ3) is 9.93. The summed E-state index contributed by atoms with van der Waals surface area (Å²) in [6, 6.07) is 13.7. The molecule has 0 radical (unpaired) electrons. The molecule has 188 valence electrons. The van der Waals surface area contributed by atoms with Gasteiger partial charge in [-0.05, 0) is 54.7 Å². The summed E-state index contributed by atoms with van der Waals surface area (Å²) in [7, 11) is 0. The van der Waals surface area contributed by atoms with Crippen LogP contribution in [0.2, 0.25) is 0 Å². The Morgan fingerprint density at radius 1 is 0.588 bits per heavy atom. The van der Waals surface area contributed by atoms with Crippen molar-refractivity contribution in [1.82, 2.24) is 4.98 Å². The summed E-state index contributed by atoms with van der Waals surface area (Å²) in [5, 5.41) is 0. The molecule has 1 nitrogen and oxygen atoms in total. The van der Waals surface area contributed by atoms with E-state index >= 15 is 0 Å². The van der Waals surface area contributed by atoms with Gasteiger partial charge in [0.2, 0.25) is 0 Å². The van der Waals surface area contributed by atoms with E-state index in [4.69, 9.17) is 4.98 Å². The Balaban J connectivity index is 1.34. The smallest absolute Gasteiger partial charge is 0.0702 e. The fourth-order valence-corrected chi connectivity index (χ4v) is 5.73. The van der Waals surface area contributed by atoms with Crippen molar-refractivity contribution in [1.29, 1.82) is 0 Å². The number of unbranched alkanes of at least 4 members (excludes halogenated alkanes) is 8. The number of pyridine rings is 1. The predicted molar refractivity (Wildman–Crippen MR) is 149 cm³/mol. The van der Waals surface area contributed by atoms with Crippen LogP contribution in [-0.4, -0.2) is 4.98 Å². The first-order valence-corrected chi connectivity index (χ1v) is 14.8. The molecular formula is C33H51N. The zero-order chi connectivity index (χ0) is 23.8.